The van der Waals surface area contributed by atoms with Crippen molar-refractivity contribution >= 4 is 17.5 Å². The predicted molar refractivity (Wildman–Crippen MR) is 86.9 cm³/mol. The number of likely N-dealkylation sites (N-methyl/N-ethyl adjacent to an activating group) is 2. The van der Waals surface area contributed by atoms with Gasteiger partial charge in [-0.15, -0.1) is 0 Å². The van der Waals surface area contributed by atoms with Crippen LogP contribution in [0.25, 0.3) is 0 Å². The van der Waals surface area contributed by atoms with Crippen molar-refractivity contribution in [1.29, 1.82) is 0 Å². The van der Waals surface area contributed by atoms with Crippen molar-refractivity contribution in [2.75, 3.05) is 36.9 Å². The standard InChI is InChI=1S/C15H27N5O/c1-6-8-17-14-13(11(3)4)15(19-10-18-14)20(7-2)9-12(21)16-5/h10-11H,6-9H2,1-5H3,(H,16,21)(H,17,18,19). The lowest BCUT2D eigenvalue weighted by atomic mass is 10.0. The average molecular weight is 293 g/mol. The van der Waals surface area contributed by atoms with Crippen LogP contribution in [0.15, 0.2) is 6.33 Å². The van der Waals surface area contributed by atoms with Gasteiger partial charge in [0.25, 0.3) is 0 Å². The van der Waals surface area contributed by atoms with Crippen LogP contribution in [-0.2, 0) is 4.79 Å². The number of rotatable bonds is 8. The van der Waals surface area contributed by atoms with Crippen molar-refractivity contribution in [3.63, 3.8) is 0 Å². The van der Waals surface area contributed by atoms with Crippen LogP contribution in [0.4, 0.5) is 11.6 Å². The fraction of sp³-hybridized carbons (Fsp3) is 0.667. The Labute approximate surface area is 127 Å². The molecule has 1 amide bonds. The maximum Gasteiger partial charge on any atom is 0.239 e. The van der Waals surface area contributed by atoms with Crippen LogP contribution < -0.4 is 15.5 Å². The SMILES string of the molecule is CCCNc1ncnc(N(CC)CC(=O)NC)c1C(C)C. The van der Waals surface area contributed by atoms with E-state index in [0.717, 1.165) is 36.7 Å². The maximum absolute atomic E-state index is 11.7. The lowest BCUT2D eigenvalue weighted by Crippen LogP contribution is -2.36. The minimum Gasteiger partial charge on any atom is -0.370 e. The molecule has 0 fully saturated rings. The first-order valence-electron chi connectivity index (χ1n) is 7.59. The van der Waals surface area contributed by atoms with Crippen LogP contribution in [0, 0.1) is 0 Å². The smallest absolute Gasteiger partial charge is 0.239 e. The summed E-state index contributed by atoms with van der Waals surface area (Å²) in [5.41, 5.74) is 1.07. The third kappa shape index (κ3) is 4.58. The molecule has 21 heavy (non-hydrogen) atoms. The first-order chi connectivity index (χ1) is 10.0. The van der Waals surface area contributed by atoms with Crippen LogP contribution in [0.2, 0.25) is 0 Å². The predicted octanol–water partition coefficient (Wildman–Crippen LogP) is 1.99. The quantitative estimate of drug-likeness (QED) is 0.767. The van der Waals surface area contributed by atoms with E-state index in [2.05, 4.69) is 41.4 Å². The van der Waals surface area contributed by atoms with E-state index in [4.69, 9.17) is 0 Å². The summed E-state index contributed by atoms with van der Waals surface area (Å²) in [6.45, 7) is 10.3. The molecule has 0 aliphatic carbocycles. The highest BCUT2D eigenvalue weighted by Gasteiger charge is 2.20. The molecule has 0 bridgehead atoms. The maximum atomic E-state index is 11.7. The topological polar surface area (TPSA) is 70.2 Å². The van der Waals surface area contributed by atoms with E-state index in [1.165, 1.54) is 0 Å². The third-order valence-corrected chi connectivity index (χ3v) is 3.28. The van der Waals surface area contributed by atoms with Gasteiger partial charge in [-0.05, 0) is 19.3 Å². The average Bonchev–Trinajstić information content (AvgIpc) is 2.49. The molecule has 1 aromatic rings. The molecule has 2 N–H and O–H groups in total. The van der Waals surface area contributed by atoms with Gasteiger partial charge >= 0.3 is 0 Å². The Hall–Kier alpha value is -1.85. The molecular weight excluding hydrogens is 266 g/mol. The van der Waals surface area contributed by atoms with Gasteiger partial charge in [0, 0.05) is 25.7 Å². The number of aromatic nitrogens is 2. The Morgan fingerprint density at radius 1 is 1.33 bits per heavy atom. The van der Waals surface area contributed by atoms with E-state index in [9.17, 15) is 4.79 Å². The molecule has 0 unspecified atom stereocenters. The van der Waals surface area contributed by atoms with Gasteiger partial charge in [0.1, 0.15) is 18.0 Å². The van der Waals surface area contributed by atoms with Gasteiger partial charge in [-0.25, -0.2) is 9.97 Å². The Bertz CT molecular complexity index is 461. The monoisotopic (exact) mass is 293 g/mol. The Kier molecular flexibility index (Phi) is 6.91. The highest BCUT2D eigenvalue weighted by Crippen LogP contribution is 2.30. The number of anilines is 2. The van der Waals surface area contributed by atoms with Gasteiger partial charge < -0.3 is 15.5 Å². The van der Waals surface area contributed by atoms with E-state index in [1.54, 1.807) is 13.4 Å². The molecule has 0 atom stereocenters. The van der Waals surface area contributed by atoms with Crippen molar-refractivity contribution < 1.29 is 4.79 Å². The summed E-state index contributed by atoms with van der Waals surface area (Å²) in [5, 5.41) is 6.01. The second-order valence-electron chi connectivity index (χ2n) is 5.23. The van der Waals surface area contributed by atoms with Crippen LogP contribution >= 0.6 is 0 Å². The molecule has 118 valence electrons. The lowest BCUT2D eigenvalue weighted by Gasteiger charge is -2.26. The van der Waals surface area contributed by atoms with Crippen molar-refractivity contribution in [1.82, 2.24) is 15.3 Å². The molecule has 0 saturated heterocycles. The second-order valence-corrected chi connectivity index (χ2v) is 5.23. The fourth-order valence-electron chi connectivity index (χ4n) is 2.14. The van der Waals surface area contributed by atoms with Crippen LogP contribution in [-0.4, -0.2) is 42.6 Å². The molecule has 1 rings (SSSR count). The summed E-state index contributed by atoms with van der Waals surface area (Å²) >= 11 is 0. The van der Waals surface area contributed by atoms with E-state index in [-0.39, 0.29) is 11.8 Å². The first kappa shape index (κ1) is 17.2. The Morgan fingerprint density at radius 2 is 2.05 bits per heavy atom. The summed E-state index contributed by atoms with van der Waals surface area (Å²) in [7, 11) is 1.65. The largest absolute Gasteiger partial charge is 0.370 e. The van der Waals surface area contributed by atoms with E-state index in [1.807, 2.05) is 11.8 Å². The highest BCUT2D eigenvalue weighted by molar-refractivity contribution is 5.81. The zero-order valence-electron chi connectivity index (χ0n) is 13.7. The van der Waals surface area contributed by atoms with Crippen molar-refractivity contribution in [3.8, 4) is 0 Å². The molecule has 0 radical (unpaired) electrons. The van der Waals surface area contributed by atoms with Crippen LogP contribution in [0.3, 0.4) is 0 Å². The second kappa shape index (κ2) is 8.44. The molecule has 6 nitrogen and oxygen atoms in total. The normalized spacial score (nSPS) is 10.6. The van der Waals surface area contributed by atoms with Gasteiger partial charge in [0.15, 0.2) is 0 Å². The minimum absolute atomic E-state index is 0.0202. The van der Waals surface area contributed by atoms with Crippen LogP contribution in [0.1, 0.15) is 45.6 Å². The van der Waals surface area contributed by atoms with Gasteiger partial charge in [-0.3, -0.25) is 4.79 Å². The van der Waals surface area contributed by atoms with Crippen molar-refractivity contribution in [2.45, 2.75) is 40.0 Å². The van der Waals surface area contributed by atoms with Gasteiger partial charge in [-0.2, -0.15) is 0 Å². The van der Waals surface area contributed by atoms with Crippen LogP contribution in [0.5, 0.6) is 0 Å². The molecule has 0 saturated carbocycles. The number of carbonyl (C=O) groups is 1. The van der Waals surface area contributed by atoms with E-state index in [0.29, 0.717) is 6.54 Å². The number of nitrogens with one attached hydrogen (secondary N) is 2. The zero-order chi connectivity index (χ0) is 15.8. The first-order valence-corrected chi connectivity index (χ1v) is 7.59. The Balaban J connectivity index is 3.16. The summed E-state index contributed by atoms with van der Waals surface area (Å²) in [4.78, 5) is 22.4. The van der Waals surface area contributed by atoms with Crippen molar-refractivity contribution in [3.05, 3.63) is 11.9 Å². The van der Waals surface area contributed by atoms with Gasteiger partial charge in [-0.1, -0.05) is 20.8 Å². The summed E-state index contributed by atoms with van der Waals surface area (Å²) in [6, 6.07) is 0. The molecule has 6 heteroatoms. The molecule has 0 spiro atoms. The number of nitrogens with zero attached hydrogens (tertiary/aromatic N) is 3. The highest BCUT2D eigenvalue weighted by atomic mass is 16.1. The third-order valence-electron chi connectivity index (χ3n) is 3.28. The number of amides is 1. The minimum atomic E-state index is -0.0202. The summed E-state index contributed by atoms with van der Waals surface area (Å²) in [6.07, 6.45) is 2.60. The molecule has 0 aromatic carbocycles. The van der Waals surface area contributed by atoms with E-state index >= 15 is 0 Å². The molecule has 1 aromatic heterocycles. The van der Waals surface area contributed by atoms with Gasteiger partial charge in [0.05, 0.1) is 6.54 Å². The fourth-order valence-corrected chi connectivity index (χ4v) is 2.14. The lowest BCUT2D eigenvalue weighted by molar-refractivity contribution is -0.119. The number of hydrogen-bond donors (Lipinski definition) is 2. The van der Waals surface area contributed by atoms with Gasteiger partial charge in [0.2, 0.25) is 5.91 Å². The summed E-state index contributed by atoms with van der Waals surface area (Å²) in [5.74, 6) is 1.96. The zero-order valence-corrected chi connectivity index (χ0v) is 13.7. The molecule has 0 aliphatic rings. The number of carbonyl (C=O) groups excluding carboxylic acids is 1. The number of hydrogen-bond acceptors (Lipinski definition) is 5. The Morgan fingerprint density at radius 3 is 2.57 bits per heavy atom. The molecular formula is C15H27N5O. The molecule has 0 aliphatic heterocycles. The van der Waals surface area contributed by atoms with E-state index < -0.39 is 0 Å². The van der Waals surface area contributed by atoms with Crippen molar-refractivity contribution in [2.24, 2.45) is 0 Å². The molecule has 1 heterocycles. The summed E-state index contributed by atoms with van der Waals surface area (Å²) < 4.78 is 0.